The normalized spacial score (nSPS) is 12.4. The van der Waals surface area contributed by atoms with Crippen LogP contribution >= 0.6 is 0 Å². The Balaban J connectivity index is 2.66. The zero-order chi connectivity index (χ0) is 18.8. The molecule has 0 aliphatic heterocycles. The predicted octanol–water partition coefficient (Wildman–Crippen LogP) is 0.729. The van der Waals surface area contributed by atoms with Gasteiger partial charge in [-0.15, -0.1) is 0 Å². The molecule has 0 bridgehead atoms. The van der Waals surface area contributed by atoms with Crippen molar-refractivity contribution in [2.75, 3.05) is 0 Å². The van der Waals surface area contributed by atoms with E-state index < -0.39 is 23.9 Å². The molecule has 0 spiro atoms. The van der Waals surface area contributed by atoms with E-state index in [0.29, 0.717) is 6.42 Å². The molecule has 8 nitrogen and oxygen atoms in total. The first-order chi connectivity index (χ1) is 11.8. The molecule has 25 heavy (non-hydrogen) atoms. The Morgan fingerprint density at radius 2 is 1.84 bits per heavy atom. The maximum atomic E-state index is 12.3. The lowest BCUT2D eigenvalue weighted by molar-refractivity contribution is -0.124. The number of alkyl carbamates (subject to hydrolysis) is 1. The first-order valence-electron chi connectivity index (χ1n) is 7.83. The summed E-state index contributed by atoms with van der Waals surface area (Å²) in [5.74, 6) is -1.35. The van der Waals surface area contributed by atoms with Crippen molar-refractivity contribution >= 4 is 17.9 Å². The number of nitrogens with two attached hydrogens (primary N) is 2. The minimum Gasteiger partial charge on any atom is -0.445 e. The highest BCUT2D eigenvalue weighted by atomic mass is 16.5. The number of amides is 3. The SMILES string of the molecule is CC(C)C[C@H](NC(=O)OCc1ccccc1)C(=O)N/C(=C/N)C(N)=O. The molecule has 3 amide bonds. The molecule has 8 heteroatoms. The van der Waals surface area contributed by atoms with Gasteiger partial charge in [-0.2, -0.15) is 0 Å². The Labute approximate surface area is 146 Å². The summed E-state index contributed by atoms with van der Waals surface area (Å²) in [6, 6.07) is 8.26. The zero-order valence-corrected chi connectivity index (χ0v) is 14.3. The van der Waals surface area contributed by atoms with Gasteiger partial charge in [-0.25, -0.2) is 4.79 Å². The fraction of sp³-hybridized carbons (Fsp3) is 0.353. The van der Waals surface area contributed by atoms with E-state index in [9.17, 15) is 14.4 Å². The summed E-state index contributed by atoms with van der Waals surface area (Å²) in [4.78, 5) is 35.4. The van der Waals surface area contributed by atoms with Gasteiger partial charge in [0.1, 0.15) is 18.3 Å². The van der Waals surface area contributed by atoms with Gasteiger partial charge in [-0.3, -0.25) is 9.59 Å². The van der Waals surface area contributed by atoms with E-state index in [-0.39, 0.29) is 18.2 Å². The van der Waals surface area contributed by atoms with E-state index in [1.807, 2.05) is 44.2 Å². The van der Waals surface area contributed by atoms with E-state index >= 15 is 0 Å². The lowest BCUT2D eigenvalue weighted by atomic mass is 10.0. The van der Waals surface area contributed by atoms with Gasteiger partial charge in [0.25, 0.3) is 5.91 Å². The summed E-state index contributed by atoms with van der Waals surface area (Å²) in [6.45, 7) is 3.87. The number of rotatable bonds is 8. The third kappa shape index (κ3) is 7.38. The van der Waals surface area contributed by atoms with Crippen molar-refractivity contribution in [2.45, 2.75) is 32.9 Å². The smallest absolute Gasteiger partial charge is 0.408 e. The molecule has 136 valence electrons. The fourth-order valence-corrected chi connectivity index (χ4v) is 2.02. The number of hydrogen-bond acceptors (Lipinski definition) is 5. The highest BCUT2D eigenvalue weighted by Gasteiger charge is 2.24. The van der Waals surface area contributed by atoms with E-state index in [4.69, 9.17) is 16.2 Å². The van der Waals surface area contributed by atoms with Gasteiger partial charge in [-0.1, -0.05) is 44.2 Å². The second-order valence-electron chi connectivity index (χ2n) is 5.82. The highest BCUT2D eigenvalue weighted by Crippen LogP contribution is 2.07. The summed E-state index contributed by atoms with van der Waals surface area (Å²) >= 11 is 0. The molecule has 1 aromatic rings. The Bertz CT molecular complexity index is 629. The number of nitrogens with one attached hydrogen (secondary N) is 2. The van der Waals surface area contributed by atoms with Crippen molar-refractivity contribution in [3.63, 3.8) is 0 Å². The molecule has 0 aliphatic carbocycles. The maximum Gasteiger partial charge on any atom is 0.408 e. The molecule has 0 radical (unpaired) electrons. The third-order valence-corrected chi connectivity index (χ3v) is 3.22. The Morgan fingerprint density at radius 3 is 2.36 bits per heavy atom. The first kappa shape index (κ1) is 20.0. The molecule has 6 N–H and O–H groups in total. The number of ether oxygens (including phenoxy) is 1. The summed E-state index contributed by atoms with van der Waals surface area (Å²) < 4.78 is 5.11. The molecule has 0 fully saturated rings. The van der Waals surface area contributed by atoms with Gasteiger partial charge in [0.05, 0.1) is 0 Å². The van der Waals surface area contributed by atoms with Gasteiger partial charge in [0, 0.05) is 6.20 Å². The van der Waals surface area contributed by atoms with Crippen LogP contribution in [0, 0.1) is 5.92 Å². The van der Waals surface area contributed by atoms with Crippen LogP contribution in [0.5, 0.6) is 0 Å². The van der Waals surface area contributed by atoms with Crippen LogP contribution in [0.15, 0.2) is 42.2 Å². The van der Waals surface area contributed by atoms with Crippen LogP contribution in [0.2, 0.25) is 0 Å². The molecule has 1 atom stereocenters. The largest absolute Gasteiger partial charge is 0.445 e. The van der Waals surface area contributed by atoms with Crippen LogP contribution in [0.25, 0.3) is 0 Å². The minimum atomic E-state index is -0.891. The number of carbonyl (C=O) groups is 3. The molecule has 0 saturated heterocycles. The molecular weight excluding hydrogens is 324 g/mol. The number of primary amides is 1. The Hall–Kier alpha value is -3.03. The average Bonchev–Trinajstić information content (AvgIpc) is 2.57. The molecule has 1 aromatic carbocycles. The summed E-state index contributed by atoms with van der Waals surface area (Å²) in [7, 11) is 0. The Kier molecular flexibility index (Phi) is 7.98. The summed E-state index contributed by atoms with van der Waals surface area (Å²) in [6.07, 6.45) is 0.519. The first-order valence-corrected chi connectivity index (χ1v) is 7.83. The number of hydrogen-bond donors (Lipinski definition) is 4. The van der Waals surface area contributed by atoms with Crippen LogP contribution in [0.4, 0.5) is 4.79 Å². The molecule has 0 saturated carbocycles. The summed E-state index contributed by atoms with van der Waals surface area (Å²) in [5, 5.41) is 4.80. The van der Waals surface area contributed by atoms with Gasteiger partial charge in [-0.05, 0) is 17.9 Å². The standard InChI is InChI=1S/C17H24N4O4/c1-11(2)8-13(16(23)20-14(9-18)15(19)22)21-17(24)25-10-12-6-4-3-5-7-12/h3-7,9,11,13H,8,10,18H2,1-2H3,(H2,19,22)(H,20,23)(H,21,24)/b14-9+/t13-/m0/s1. The molecule has 0 aromatic heterocycles. The summed E-state index contributed by atoms with van der Waals surface area (Å²) in [5.41, 5.74) is 10.9. The average molecular weight is 348 g/mol. The lowest BCUT2D eigenvalue weighted by Crippen LogP contribution is -2.48. The van der Waals surface area contributed by atoms with E-state index in [1.165, 1.54) is 0 Å². The third-order valence-electron chi connectivity index (χ3n) is 3.22. The number of benzene rings is 1. The van der Waals surface area contributed by atoms with E-state index in [0.717, 1.165) is 11.8 Å². The van der Waals surface area contributed by atoms with Gasteiger partial charge in [0.15, 0.2) is 0 Å². The van der Waals surface area contributed by atoms with Gasteiger partial charge >= 0.3 is 6.09 Å². The topological polar surface area (TPSA) is 137 Å². The molecule has 0 heterocycles. The second kappa shape index (κ2) is 9.96. The van der Waals surface area contributed by atoms with Crippen molar-refractivity contribution in [1.29, 1.82) is 0 Å². The van der Waals surface area contributed by atoms with E-state index in [2.05, 4.69) is 10.6 Å². The minimum absolute atomic E-state index is 0.0813. The molecule has 1 rings (SSSR count). The monoisotopic (exact) mass is 348 g/mol. The van der Waals surface area contributed by atoms with Crippen LogP contribution < -0.4 is 22.1 Å². The van der Waals surface area contributed by atoms with Gasteiger partial charge < -0.3 is 26.8 Å². The van der Waals surface area contributed by atoms with Crippen LogP contribution in [0.3, 0.4) is 0 Å². The zero-order valence-electron chi connectivity index (χ0n) is 14.3. The molecule has 0 unspecified atom stereocenters. The highest BCUT2D eigenvalue weighted by molar-refractivity contribution is 5.98. The van der Waals surface area contributed by atoms with Crippen molar-refractivity contribution in [3.8, 4) is 0 Å². The van der Waals surface area contributed by atoms with Crippen LogP contribution in [-0.2, 0) is 20.9 Å². The van der Waals surface area contributed by atoms with E-state index in [1.54, 1.807) is 0 Å². The maximum absolute atomic E-state index is 12.3. The van der Waals surface area contributed by atoms with Crippen molar-refractivity contribution in [1.82, 2.24) is 10.6 Å². The van der Waals surface area contributed by atoms with Gasteiger partial charge in [0.2, 0.25) is 5.91 Å². The second-order valence-corrected chi connectivity index (χ2v) is 5.82. The molecular formula is C17H24N4O4. The van der Waals surface area contributed by atoms with Crippen molar-refractivity contribution in [2.24, 2.45) is 17.4 Å². The fourth-order valence-electron chi connectivity index (χ4n) is 2.02. The quantitative estimate of drug-likeness (QED) is 0.513. The van der Waals surface area contributed by atoms with Crippen LogP contribution in [0.1, 0.15) is 25.8 Å². The Morgan fingerprint density at radius 1 is 1.20 bits per heavy atom. The van der Waals surface area contributed by atoms with Crippen molar-refractivity contribution < 1.29 is 19.1 Å². The predicted molar refractivity (Wildman–Crippen MR) is 92.6 cm³/mol. The number of carbonyl (C=O) groups excluding carboxylic acids is 3. The van der Waals surface area contributed by atoms with Crippen molar-refractivity contribution in [3.05, 3.63) is 47.8 Å². The lowest BCUT2D eigenvalue weighted by Gasteiger charge is -2.20. The molecule has 0 aliphatic rings. The van der Waals surface area contributed by atoms with Crippen LogP contribution in [-0.4, -0.2) is 23.9 Å².